The molecular formula is C18H18N2O3. The van der Waals surface area contributed by atoms with E-state index in [2.05, 4.69) is 0 Å². The number of rotatable bonds is 1. The van der Waals surface area contributed by atoms with Crippen LogP contribution >= 0.6 is 0 Å². The fourth-order valence-electron chi connectivity index (χ4n) is 3.69. The van der Waals surface area contributed by atoms with Gasteiger partial charge in [0.15, 0.2) is 0 Å². The van der Waals surface area contributed by atoms with Gasteiger partial charge in [0.25, 0.3) is 5.91 Å². The number of benzene rings is 2. The zero-order chi connectivity index (χ0) is 16.1. The summed E-state index contributed by atoms with van der Waals surface area (Å²) in [5, 5.41) is 12.0. The minimum atomic E-state index is -0.777. The van der Waals surface area contributed by atoms with Crippen LogP contribution in [-0.4, -0.2) is 40.6 Å². The van der Waals surface area contributed by atoms with E-state index in [4.69, 9.17) is 0 Å². The van der Waals surface area contributed by atoms with E-state index < -0.39 is 12.1 Å². The van der Waals surface area contributed by atoms with Gasteiger partial charge in [0.2, 0.25) is 0 Å². The number of aryl methyl sites for hydroxylation is 1. The Bertz CT molecular complexity index is 817. The highest BCUT2D eigenvalue weighted by Gasteiger charge is 2.50. The molecule has 0 aromatic heterocycles. The number of fused-ring (bicyclic) bond motifs is 2. The topological polar surface area (TPSA) is 60.9 Å². The second-order valence-electron chi connectivity index (χ2n) is 6.31. The van der Waals surface area contributed by atoms with E-state index in [1.165, 1.54) is 9.80 Å². The Morgan fingerprint density at radius 2 is 1.96 bits per heavy atom. The maximum Gasteiger partial charge on any atom is 0.332 e. The van der Waals surface area contributed by atoms with E-state index in [0.717, 1.165) is 22.8 Å². The number of carbonyl (C=O) groups is 2. The molecule has 2 saturated heterocycles. The number of imide groups is 1. The second kappa shape index (κ2) is 5.06. The van der Waals surface area contributed by atoms with Crippen LogP contribution < -0.4 is 4.90 Å². The van der Waals surface area contributed by atoms with Crippen molar-refractivity contribution in [3.05, 3.63) is 42.0 Å². The van der Waals surface area contributed by atoms with Crippen LogP contribution in [0, 0.1) is 6.92 Å². The van der Waals surface area contributed by atoms with Crippen LogP contribution in [-0.2, 0) is 4.79 Å². The van der Waals surface area contributed by atoms with Crippen molar-refractivity contribution >= 4 is 28.4 Å². The van der Waals surface area contributed by atoms with E-state index in [-0.39, 0.29) is 11.9 Å². The van der Waals surface area contributed by atoms with Crippen LogP contribution in [0.15, 0.2) is 36.4 Å². The van der Waals surface area contributed by atoms with Gasteiger partial charge in [0, 0.05) is 11.9 Å². The lowest BCUT2D eigenvalue weighted by Crippen LogP contribution is -2.48. The Hall–Kier alpha value is -2.40. The largest absolute Gasteiger partial charge is 0.390 e. The molecule has 0 radical (unpaired) electrons. The standard InChI is InChI=1S/C18H18N2O3/c1-11-9-12-5-2-3-6-13(12)14(10-11)20-17(22)16-15(21)7-4-8-19(16)18(20)23/h2-3,5-6,9-10,15-16,21H,4,7-8H2,1H3. The first-order chi connectivity index (χ1) is 11.1. The number of nitrogens with zero attached hydrogens (tertiary/aromatic N) is 2. The highest BCUT2D eigenvalue weighted by Crippen LogP contribution is 2.35. The minimum Gasteiger partial charge on any atom is -0.390 e. The zero-order valence-corrected chi connectivity index (χ0v) is 12.9. The number of urea groups is 1. The molecule has 5 heteroatoms. The van der Waals surface area contributed by atoms with Crippen LogP contribution in [0.2, 0.25) is 0 Å². The van der Waals surface area contributed by atoms with Crippen LogP contribution in [0.3, 0.4) is 0 Å². The van der Waals surface area contributed by atoms with Crippen molar-refractivity contribution in [2.75, 3.05) is 11.4 Å². The molecule has 5 nitrogen and oxygen atoms in total. The fourth-order valence-corrected chi connectivity index (χ4v) is 3.69. The molecule has 2 aromatic rings. The van der Waals surface area contributed by atoms with Crippen molar-refractivity contribution in [3.63, 3.8) is 0 Å². The molecule has 2 aliphatic heterocycles. The van der Waals surface area contributed by atoms with Gasteiger partial charge in [-0.25, -0.2) is 9.69 Å². The summed E-state index contributed by atoms with van der Waals surface area (Å²) in [5.41, 5.74) is 1.60. The van der Waals surface area contributed by atoms with Crippen LogP contribution in [0.4, 0.5) is 10.5 Å². The van der Waals surface area contributed by atoms with Crippen molar-refractivity contribution in [3.8, 4) is 0 Å². The zero-order valence-electron chi connectivity index (χ0n) is 12.9. The van der Waals surface area contributed by atoms with Crippen molar-refractivity contribution in [2.24, 2.45) is 0 Å². The summed E-state index contributed by atoms with van der Waals surface area (Å²) in [5.74, 6) is -0.321. The summed E-state index contributed by atoms with van der Waals surface area (Å²) < 4.78 is 0. The first-order valence-corrected chi connectivity index (χ1v) is 7.90. The Kier molecular flexibility index (Phi) is 3.13. The van der Waals surface area contributed by atoms with Crippen LogP contribution in [0.25, 0.3) is 10.8 Å². The molecule has 2 unspecified atom stereocenters. The summed E-state index contributed by atoms with van der Waals surface area (Å²) >= 11 is 0. The van der Waals surface area contributed by atoms with Crippen LogP contribution in [0.5, 0.6) is 0 Å². The third kappa shape index (κ3) is 2.04. The molecule has 23 heavy (non-hydrogen) atoms. The van der Waals surface area contributed by atoms with Gasteiger partial charge in [0.05, 0.1) is 11.8 Å². The lowest BCUT2D eigenvalue weighted by Gasteiger charge is -2.30. The second-order valence-corrected chi connectivity index (χ2v) is 6.31. The van der Waals surface area contributed by atoms with E-state index >= 15 is 0 Å². The first kappa shape index (κ1) is 14.2. The number of aliphatic hydroxyl groups is 1. The molecule has 2 aliphatic rings. The Morgan fingerprint density at radius 1 is 1.17 bits per heavy atom. The molecule has 0 bridgehead atoms. The number of amides is 3. The lowest BCUT2D eigenvalue weighted by molar-refractivity contribution is -0.124. The van der Waals surface area contributed by atoms with Gasteiger partial charge in [-0.1, -0.05) is 30.3 Å². The Labute approximate surface area is 134 Å². The molecule has 0 saturated carbocycles. The highest BCUT2D eigenvalue weighted by molar-refractivity contribution is 6.24. The number of piperidine rings is 1. The number of hydrogen-bond acceptors (Lipinski definition) is 3. The number of hydrogen-bond donors (Lipinski definition) is 1. The molecular weight excluding hydrogens is 292 g/mol. The normalized spacial score (nSPS) is 24.4. The molecule has 3 amide bonds. The lowest BCUT2D eigenvalue weighted by atomic mass is 10.00. The molecule has 0 spiro atoms. The van der Waals surface area contributed by atoms with Gasteiger partial charge in [-0.3, -0.25) is 4.79 Å². The molecule has 2 atom stereocenters. The maximum atomic E-state index is 12.8. The average Bonchev–Trinajstić information content (AvgIpc) is 2.79. The quantitative estimate of drug-likeness (QED) is 0.823. The summed E-state index contributed by atoms with van der Waals surface area (Å²) in [7, 11) is 0. The van der Waals surface area contributed by atoms with Crippen LogP contribution in [0.1, 0.15) is 18.4 Å². The van der Waals surface area contributed by atoms with Crippen molar-refractivity contribution in [2.45, 2.75) is 31.9 Å². The summed E-state index contributed by atoms with van der Waals surface area (Å²) in [6.45, 7) is 2.47. The van der Waals surface area contributed by atoms with E-state index in [0.29, 0.717) is 18.7 Å². The third-order valence-electron chi connectivity index (χ3n) is 4.73. The number of anilines is 1. The van der Waals surface area contributed by atoms with Crippen molar-refractivity contribution in [1.29, 1.82) is 0 Å². The third-order valence-corrected chi connectivity index (χ3v) is 4.73. The fraction of sp³-hybridized carbons (Fsp3) is 0.333. The maximum absolute atomic E-state index is 12.8. The average molecular weight is 310 g/mol. The Morgan fingerprint density at radius 3 is 2.74 bits per heavy atom. The molecule has 0 aliphatic carbocycles. The van der Waals surface area contributed by atoms with Gasteiger partial charge in [-0.05, 0) is 36.8 Å². The van der Waals surface area contributed by atoms with Gasteiger partial charge >= 0.3 is 6.03 Å². The van der Waals surface area contributed by atoms with E-state index in [1.54, 1.807) is 0 Å². The SMILES string of the molecule is Cc1cc(N2C(=O)C3C(O)CCCN3C2=O)c2ccccc2c1. The smallest absolute Gasteiger partial charge is 0.332 e. The monoisotopic (exact) mass is 310 g/mol. The molecule has 118 valence electrons. The predicted molar refractivity (Wildman–Crippen MR) is 87.3 cm³/mol. The molecule has 2 aromatic carbocycles. The molecule has 2 heterocycles. The summed E-state index contributed by atoms with van der Waals surface area (Å²) in [6.07, 6.45) is 0.503. The van der Waals surface area contributed by atoms with Crippen molar-refractivity contribution < 1.29 is 14.7 Å². The van der Waals surface area contributed by atoms with Crippen molar-refractivity contribution in [1.82, 2.24) is 4.90 Å². The van der Waals surface area contributed by atoms with Gasteiger partial charge in [-0.15, -0.1) is 0 Å². The number of aliphatic hydroxyl groups excluding tert-OH is 1. The summed E-state index contributed by atoms with van der Waals surface area (Å²) in [4.78, 5) is 28.3. The molecule has 4 rings (SSSR count). The first-order valence-electron chi connectivity index (χ1n) is 7.90. The highest BCUT2D eigenvalue weighted by atomic mass is 16.3. The van der Waals surface area contributed by atoms with Gasteiger partial charge in [-0.2, -0.15) is 0 Å². The number of carbonyl (C=O) groups excluding carboxylic acids is 2. The minimum absolute atomic E-state index is 0.321. The molecule has 1 N–H and O–H groups in total. The molecule has 2 fully saturated rings. The predicted octanol–water partition coefficient (Wildman–Crippen LogP) is 2.44. The van der Waals surface area contributed by atoms with Gasteiger partial charge in [0.1, 0.15) is 6.04 Å². The van der Waals surface area contributed by atoms with E-state index in [1.807, 2.05) is 43.3 Å². The summed E-state index contributed by atoms with van der Waals surface area (Å²) in [6, 6.07) is 10.6. The van der Waals surface area contributed by atoms with Gasteiger partial charge < -0.3 is 10.0 Å². The van der Waals surface area contributed by atoms with E-state index in [9.17, 15) is 14.7 Å². The Balaban J connectivity index is 1.88.